The molecule has 102 valence electrons. The van der Waals surface area contributed by atoms with Gasteiger partial charge in [0.15, 0.2) is 0 Å². The van der Waals surface area contributed by atoms with E-state index in [1.807, 2.05) is 24.3 Å². The minimum atomic E-state index is 0.279. The van der Waals surface area contributed by atoms with E-state index in [1.54, 1.807) is 0 Å². The van der Waals surface area contributed by atoms with Gasteiger partial charge in [0, 0.05) is 17.5 Å². The number of carbonyl (C=O) groups excluding carboxylic acids is 1. The first-order valence-electron chi connectivity index (χ1n) is 7.24. The standard InChI is InChI=1S/C16H20ClNO/c17-14-5-2-11(3-6-14)7-8-18-16(19)15-10-12-1-4-13(15)9-12/h2-3,5-6,12-13,15H,1,4,7-10H2,(H,18,19)/t12-,13-,15+/m0/s1. The second kappa shape index (κ2) is 5.54. The van der Waals surface area contributed by atoms with Crippen molar-refractivity contribution in [1.29, 1.82) is 0 Å². The third kappa shape index (κ3) is 2.94. The van der Waals surface area contributed by atoms with Crippen LogP contribution in [0.15, 0.2) is 24.3 Å². The highest BCUT2D eigenvalue weighted by molar-refractivity contribution is 6.30. The summed E-state index contributed by atoms with van der Waals surface area (Å²) in [5.74, 6) is 2.07. The molecule has 2 aliphatic carbocycles. The summed E-state index contributed by atoms with van der Waals surface area (Å²) in [6.45, 7) is 0.731. The van der Waals surface area contributed by atoms with Crippen LogP contribution >= 0.6 is 11.6 Å². The van der Waals surface area contributed by atoms with Crippen molar-refractivity contribution in [3.63, 3.8) is 0 Å². The van der Waals surface area contributed by atoms with Gasteiger partial charge in [0.2, 0.25) is 5.91 Å². The van der Waals surface area contributed by atoms with Crippen molar-refractivity contribution in [2.24, 2.45) is 17.8 Å². The molecule has 2 fully saturated rings. The lowest BCUT2D eigenvalue weighted by atomic mass is 9.88. The Labute approximate surface area is 119 Å². The van der Waals surface area contributed by atoms with Crippen molar-refractivity contribution < 1.29 is 4.79 Å². The number of nitrogens with one attached hydrogen (secondary N) is 1. The predicted molar refractivity (Wildman–Crippen MR) is 77.1 cm³/mol. The first-order chi connectivity index (χ1) is 9.22. The second-order valence-corrected chi connectivity index (χ2v) is 6.39. The lowest BCUT2D eigenvalue weighted by Gasteiger charge is -2.20. The highest BCUT2D eigenvalue weighted by atomic mass is 35.5. The molecular formula is C16H20ClNO. The Balaban J connectivity index is 1.45. The smallest absolute Gasteiger partial charge is 0.223 e. The third-order valence-electron chi connectivity index (χ3n) is 4.70. The summed E-state index contributed by atoms with van der Waals surface area (Å²) in [4.78, 5) is 12.1. The highest BCUT2D eigenvalue weighted by Gasteiger charge is 2.42. The van der Waals surface area contributed by atoms with Gasteiger partial charge < -0.3 is 5.32 Å². The lowest BCUT2D eigenvalue weighted by molar-refractivity contribution is -0.126. The van der Waals surface area contributed by atoms with Crippen LogP contribution in [0.3, 0.4) is 0 Å². The largest absolute Gasteiger partial charge is 0.356 e. The van der Waals surface area contributed by atoms with Crippen LogP contribution in [0.25, 0.3) is 0 Å². The van der Waals surface area contributed by atoms with Crippen LogP contribution in [-0.4, -0.2) is 12.5 Å². The summed E-state index contributed by atoms with van der Waals surface area (Å²) in [5.41, 5.74) is 1.22. The fourth-order valence-electron chi connectivity index (χ4n) is 3.68. The number of hydrogen-bond acceptors (Lipinski definition) is 1. The van der Waals surface area contributed by atoms with E-state index in [-0.39, 0.29) is 5.91 Å². The first-order valence-corrected chi connectivity index (χ1v) is 7.62. The number of rotatable bonds is 4. The molecule has 1 aromatic carbocycles. The summed E-state index contributed by atoms with van der Waals surface area (Å²) in [5, 5.41) is 3.86. The normalized spacial score (nSPS) is 28.6. The van der Waals surface area contributed by atoms with Crippen LogP contribution in [0.4, 0.5) is 0 Å². The van der Waals surface area contributed by atoms with Crippen molar-refractivity contribution in [2.45, 2.75) is 32.1 Å². The molecule has 3 atom stereocenters. The average molecular weight is 278 g/mol. The molecule has 0 radical (unpaired) electrons. The van der Waals surface area contributed by atoms with Gasteiger partial charge >= 0.3 is 0 Å². The summed E-state index contributed by atoms with van der Waals surface area (Å²) in [6, 6.07) is 7.83. The highest BCUT2D eigenvalue weighted by Crippen LogP contribution is 2.48. The van der Waals surface area contributed by atoms with Gasteiger partial charge in [-0.15, -0.1) is 0 Å². The maximum absolute atomic E-state index is 12.1. The zero-order valence-corrected chi connectivity index (χ0v) is 11.8. The molecule has 2 nitrogen and oxygen atoms in total. The number of fused-ring (bicyclic) bond motifs is 2. The van der Waals surface area contributed by atoms with Gasteiger partial charge in [-0.1, -0.05) is 30.2 Å². The molecule has 2 aliphatic rings. The Bertz CT molecular complexity index is 456. The Morgan fingerprint density at radius 3 is 2.63 bits per heavy atom. The van der Waals surface area contributed by atoms with Crippen LogP contribution < -0.4 is 5.32 Å². The van der Waals surface area contributed by atoms with E-state index in [0.717, 1.165) is 30.3 Å². The van der Waals surface area contributed by atoms with Crippen LogP contribution in [-0.2, 0) is 11.2 Å². The van der Waals surface area contributed by atoms with Crippen molar-refractivity contribution >= 4 is 17.5 Å². The van der Waals surface area contributed by atoms with E-state index in [1.165, 1.54) is 24.8 Å². The topological polar surface area (TPSA) is 29.1 Å². The Morgan fingerprint density at radius 2 is 2.00 bits per heavy atom. The molecule has 0 unspecified atom stereocenters. The van der Waals surface area contributed by atoms with E-state index in [4.69, 9.17) is 11.6 Å². The molecule has 1 amide bonds. The van der Waals surface area contributed by atoms with Crippen molar-refractivity contribution in [2.75, 3.05) is 6.54 Å². The molecule has 0 saturated heterocycles. The predicted octanol–water partition coefficient (Wildman–Crippen LogP) is 3.43. The quantitative estimate of drug-likeness (QED) is 0.897. The van der Waals surface area contributed by atoms with Crippen molar-refractivity contribution in [3.05, 3.63) is 34.9 Å². The molecule has 1 N–H and O–H groups in total. The average Bonchev–Trinajstić information content (AvgIpc) is 3.03. The molecule has 19 heavy (non-hydrogen) atoms. The zero-order valence-electron chi connectivity index (χ0n) is 11.1. The van der Waals surface area contributed by atoms with E-state index in [0.29, 0.717) is 11.8 Å². The fraction of sp³-hybridized carbons (Fsp3) is 0.562. The van der Waals surface area contributed by atoms with Crippen LogP contribution in [0.5, 0.6) is 0 Å². The first kappa shape index (κ1) is 13.0. The van der Waals surface area contributed by atoms with Gasteiger partial charge in [0.05, 0.1) is 0 Å². The van der Waals surface area contributed by atoms with Gasteiger partial charge in [-0.3, -0.25) is 4.79 Å². The van der Waals surface area contributed by atoms with Gasteiger partial charge in [-0.2, -0.15) is 0 Å². The molecule has 0 aliphatic heterocycles. The number of amides is 1. The molecule has 3 heteroatoms. The van der Waals surface area contributed by atoms with Crippen LogP contribution in [0.2, 0.25) is 5.02 Å². The maximum atomic E-state index is 12.1. The minimum Gasteiger partial charge on any atom is -0.356 e. The molecule has 0 heterocycles. The third-order valence-corrected chi connectivity index (χ3v) is 4.95. The molecule has 1 aromatic rings. The zero-order chi connectivity index (χ0) is 13.2. The van der Waals surface area contributed by atoms with Gasteiger partial charge in [-0.05, 0) is 55.2 Å². The van der Waals surface area contributed by atoms with Crippen LogP contribution in [0, 0.1) is 17.8 Å². The fourth-order valence-corrected chi connectivity index (χ4v) is 3.80. The SMILES string of the molecule is O=C(NCCc1ccc(Cl)cc1)[C@@H]1C[C@H]2CC[C@H]1C2. The van der Waals surface area contributed by atoms with E-state index in [9.17, 15) is 4.79 Å². The van der Waals surface area contributed by atoms with Crippen molar-refractivity contribution in [1.82, 2.24) is 5.32 Å². The summed E-state index contributed by atoms with van der Waals surface area (Å²) in [6.07, 6.45) is 5.90. The molecule has 2 bridgehead atoms. The number of hydrogen-bond donors (Lipinski definition) is 1. The monoisotopic (exact) mass is 277 g/mol. The van der Waals surface area contributed by atoms with E-state index < -0.39 is 0 Å². The summed E-state index contributed by atoms with van der Waals surface area (Å²) >= 11 is 5.85. The van der Waals surface area contributed by atoms with Gasteiger partial charge in [-0.25, -0.2) is 0 Å². The molecular weight excluding hydrogens is 258 g/mol. The lowest BCUT2D eigenvalue weighted by Crippen LogP contribution is -2.34. The second-order valence-electron chi connectivity index (χ2n) is 5.95. The Hall–Kier alpha value is -1.02. The summed E-state index contributed by atoms with van der Waals surface area (Å²) < 4.78 is 0. The van der Waals surface area contributed by atoms with Crippen LogP contribution in [0.1, 0.15) is 31.2 Å². The molecule has 0 spiro atoms. The van der Waals surface area contributed by atoms with Gasteiger partial charge in [0.25, 0.3) is 0 Å². The Morgan fingerprint density at radius 1 is 1.21 bits per heavy atom. The van der Waals surface area contributed by atoms with Crippen molar-refractivity contribution in [3.8, 4) is 0 Å². The number of carbonyl (C=O) groups is 1. The molecule has 0 aromatic heterocycles. The molecule has 2 saturated carbocycles. The summed E-state index contributed by atoms with van der Waals surface area (Å²) in [7, 11) is 0. The Kier molecular flexibility index (Phi) is 3.79. The maximum Gasteiger partial charge on any atom is 0.223 e. The number of benzene rings is 1. The number of halogens is 1. The molecule has 3 rings (SSSR count). The van der Waals surface area contributed by atoms with E-state index >= 15 is 0 Å². The van der Waals surface area contributed by atoms with E-state index in [2.05, 4.69) is 5.32 Å². The van der Waals surface area contributed by atoms with Gasteiger partial charge in [0.1, 0.15) is 0 Å². The minimum absolute atomic E-state index is 0.279.